The summed E-state index contributed by atoms with van der Waals surface area (Å²) in [6.45, 7) is 17.6. The predicted octanol–water partition coefficient (Wildman–Crippen LogP) is 6.13. The van der Waals surface area contributed by atoms with Gasteiger partial charge in [0.05, 0.1) is 18.3 Å². The van der Waals surface area contributed by atoms with Crippen LogP contribution in [0, 0.1) is 56.7 Å². The van der Waals surface area contributed by atoms with E-state index in [1.165, 1.54) is 12.8 Å². The van der Waals surface area contributed by atoms with E-state index in [1.807, 2.05) is 18.7 Å². The maximum atomic E-state index is 12.8. The molecule has 2 aliphatic heterocycles. The van der Waals surface area contributed by atoms with Gasteiger partial charge in [0.2, 0.25) is 0 Å². The number of hydrogen-bond acceptors (Lipinski definition) is 6. The van der Waals surface area contributed by atoms with E-state index in [9.17, 15) is 14.7 Å². The van der Waals surface area contributed by atoms with Crippen molar-refractivity contribution < 1.29 is 28.9 Å². The number of nitrogens with two attached hydrogens (primary N) is 1. The second kappa shape index (κ2) is 9.49. The third kappa shape index (κ3) is 3.74. The van der Waals surface area contributed by atoms with Crippen LogP contribution in [0.4, 0.5) is 9.59 Å². The van der Waals surface area contributed by atoms with E-state index in [1.54, 1.807) is 0 Å². The Morgan fingerprint density at radius 3 is 2.30 bits per heavy atom. The Morgan fingerprint density at radius 1 is 1.00 bits per heavy atom. The van der Waals surface area contributed by atoms with E-state index in [4.69, 9.17) is 19.9 Å². The first-order valence-corrected chi connectivity index (χ1v) is 17.4. The van der Waals surface area contributed by atoms with Crippen molar-refractivity contribution in [3.05, 3.63) is 0 Å². The van der Waals surface area contributed by atoms with Crippen molar-refractivity contribution in [1.82, 2.24) is 4.90 Å². The van der Waals surface area contributed by atoms with Crippen molar-refractivity contribution >= 4 is 12.2 Å². The normalized spacial score (nSPS) is 51.5. The predicted molar refractivity (Wildman–Crippen MR) is 162 cm³/mol. The fourth-order valence-electron chi connectivity index (χ4n) is 13.2. The number of aliphatic hydroxyl groups is 1. The van der Waals surface area contributed by atoms with E-state index in [-0.39, 0.29) is 63.3 Å². The summed E-state index contributed by atoms with van der Waals surface area (Å²) in [5, 5.41) is 12.5. The summed E-state index contributed by atoms with van der Waals surface area (Å²) in [6.07, 6.45) is 7.36. The van der Waals surface area contributed by atoms with Crippen molar-refractivity contribution in [3.63, 3.8) is 0 Å². The number of amides is 2. The molecule has 8 heteroatoms. The topological polar surface area (TPSA) is 111 Å². The summed E-state index contributed by atoms with van der Waals surface area (Å²) in [5.41, 5.74) is 5.67. The van der Waals surface area contributed by atoms with Crippen LogP contribution in [0.2, 0.25) is 0 Å². The molecule has 0 aromatic heterocycles. The quantitative estimate of drug-likeness (QED) is 0.402. The summed E-state index contributed by atoms with van der Waals surface area (Å²) in [4.78, 5) is 26.5. The van der Waals surface area contributed by atoms with Gasteiger partial charge in [-0.1, -0.05) is 48.5 Å². The molecule has 7 rings (SSSR count). The molecule has 2 amide bonds. The molecule has 0 aromatic carbocycles. The van der Waals surface area contributed by atoms with Crippen LogP contribution in [0.15, 0.2) is 0 Å². The highest BCUT2D eigenvalue weighted by Crippen LogP contribution is 2.89. The zero-order valence-electron chi connectivity index (χ0n) is 27.6. The van der Waals surface area contributed by atoms with Gasteiger partial charge >= 0.3 is 12.2 Å². The van der Waals surface area contributed by atoms with E-state index in [0.29, 0.717) is 17.8 Å². The zero-order valence-corrected chi connectivity index (χ0v) is 27.6. The molecule has 7 aliphatic rings. The molecule has 5 aliphatic carbocycles. The highest BCUT2D eigenvalue weighted by Gasteiger charge is 2.84. The number of likely N-dealkylation sites (tertiary alicyclic amines) is 1. The molecule has 0 bridgehead atoms. The SMILES string of the molecule is CC(C)[C@@H](OC(N)=O)C1C[C@@H](C)[C@H]2C(O1)[C@H](O)[C@@]1(C)C3CC[C@H]4C(C)(C)[C@@H](OC(=O)N5CCC5)CC[C@@]45C[C@@]35CC[C@]21C. The highest BCUT2D eigenvalue weighted by atomic mass is 16.6. The van der Waals surface area contributed by atoms with Gasteiger partial charge in [0, 0.05) is 23.9 Å². The second-order valence-corrected chi connectivity index (χ2v) is 17.4. The molecule has 2 spiro atoms. The number of carbonyl (C=O) groups excluding carboxylic acids is 2. The van der Waals surface area contributed by atoms with Gasteiger partial charge in [0.15, 0.2) is 0 Å². The number of nitrogens with zero attached hydrogens (tertiary/aromatic N) is 1. The number of hydrogen-bond donors (Lipinski definition) is 2. The Morgan fingerprint density at radius 2 is 1.67 bits per heavy atom. The first-order valence-electron chi connectivity index (χ1n) is 17.4. The summed E-state index contributed by atoms with van der Waals surface area (Å²) in [5.74, 6) is 1.66. The molecule has 5 saturated carbocycles. The molecule has 43 heavy (non-hydrogen) atoms. The molecular weight excluding hydrogens is 544 g/mol. The van der Waals surface area contributed by atoms with E-state index in [0.717, 1.165) is 58.0 Å². The summed E-state index contributed by atoms with van der Waals surface area (Å²) >= 11 is 0. The maximum absolute atomic E-state index is 12.8. The molecule has 3 unspecified atom stereocenters. The van der Waals surface area contributed by atoms with Crippen molar-refractivity contribution in [1.29, 1.82) is 0 Å². The van der Waals surface area contributed by atoms with Gasteiger partial charge < -0.3 is 30.0 Å². The molecule has 0 radical (unpaired) electrons. The number of aliphatic hydroxyl groups excluding tert-OH is 1. The van der Waals surface area contributed by atoms with Crippen LogP contribution in [-0.2, 0) is 14.2 Å². The van der Waals surface area contributed by atoms with Crippen LogP contribution in [0.3, 0.4) is 0 Å². The average Bonchev–Trinajstić information content (AvgIpc) is 3.52. The molecule has 0 aromatic rings. The Labute approximate surface area is 258 Å². The van der Waals surface area contributed by atoms with Crippen LogP contribution >= 0.6 is 0 Å². The fourth-order valence-corrected chi connectivity index (χ4v) is 13.2. The average molecular weight is 601 g/mol. The first kappa shape index (κ1) is 30.1. The maximum Gasteiger partial charge on any atom is 0.410 e. The minimum atomic E-state index is -0.762. The van der Waals surface area contributed by atoms with Crippen molar-refractivity contribution in [2.75, 3.05) is 13.1 Å². The molecule has 2 saturated heterocycles. The van der Waals surface area contributed by atoms with Crippen LogP contribution in [0.1, 0.15) is 106 Å². The molecule has 13 atom stereocenters. The lowest BCUT2D eigenvalue weighted by molar-refractivity contribution is -0.185. The second-order valence-electron chi connectivity index (χ2n) is 17.4. The first-order chi connectivity index (χ1) is 20.1. The molecule has 7 fully saturated rings. The van der Waals surface area contributed by atoms with Gasteiger partial charge in [0.1, 0.15) is 12.2 Å². The van der Waals surface area contributed by atoms with Crippen LogP contribution in [0.25, 0.3) is 0 Å². The monoisotopic (exact) mass is 600 g/mol. The Balaban J connectivity index is 1.16. The van der Waals surface area contributed by atoms with Crippen LogP contribution in [-0.4, -0.2) is 65.8 Å². The Hall–Kier alpha value is -1.54. The van der Waals surface area contributed by atoms with Gasteiger partial charge in [-0.3, -0.25) is 0 Å². The van der Waals surface area contributed by atoms with Crippen molar-refractivity contribution in [3.8, 4) is 0 Å². The van der Waals surface area contributed by atoms with E-state index in [2.05, 4.69) is 34.6 Å². The van der Waals surface area contributed by atoms with E-state index < -0.39 is 18.3 Å². The van der Waals surface area contributed by atoms with Gasteiger partial charge in [-0.2, -0.15) is 0 Å². The van der Waals surface area contributed by atoms with E-state index >= 15 is 0 Å². The number of fused-ring (bicyclic) bond motifs is 4. The molecule has 3 N–H and O–H groups in total. The lowest BCUT2D eigenvalue weighted by Gasteiger charge is -2.63. The number of rotatable bonds is 4. The fraction of sp³-hybridized carbons (Fsp3) is 0.943. The van der Waals surface area contributed by atoms with Crippen LogP contribution in [0.5, 0.6) is 0 Å². The molecule has 2 heterocycles. The Kier molecular flexibility index (Phi) is 6.65. The summed E-state index contributed by atoms with van der Waals surface area (Å²) < 4.78 is 18.7. The third-order valence-electron chi connectivity index (χ3n) is 15.4. The Bertz CT molecular complexity index is 1170. The lowest BCUT2D eigenvalue weighted by atomic mass is 9.41. The zero-order chi connectivity index (χ0) is 30.9. The number of carbonyl (C=O) groups is 2. The summed E-state index contributed by atoms with van der Waals surface area (Å²) in [7, 11) is 0. The van der Waals surface area contributed by atoms with Crippen LogP contribution < -0.4 is 5.73 Å². The van der Waals surface area contributed by atoms with Gasteiger partial charge in [-0.05, 0) is 104 Å². The smallest absolute Gasteiger partial charge is 0.410 e. The van der Waals surface area contributed by atoms with Gasteiger partial charge in [-0.25, -0.2) is 9.59 Å². The molecular formula is C35H56N2O6. The minimum Gasteiger partial charge on any atom is -0.446 e. The largest absolute Gasteiger partial charge is 0.446 e. The third-order valence-corrected chi connectivity index (χ3v) is 15.4. The summed E-state index contributed by atoms with van der Waals surface area (Å²) in [6, 6.07) is 0. The minimum absolute atomic E-state index is 0.0225. The number of primary amides is 1. The molecule has 242 valence electrons. The van der Waals surface area contributed by atoms with Gasteiger partial charge in [0.25, 0.3) is 0 Å². The lowest BCUT2D eigenvalue weighted by Crippen LogP contribution is -2.60. The highest BCUT2D eigenvalue weighted by molar-refractivity contribution is 5.68. The standard InChI is InChI=1S/C35H56N2O6/c1-19(2)26(43-29(36)39)21-17-20(3)25-27(41-21)28(38)33(7)23-10-9-22-31(4,5)24(42-30(40)37-15-8-16-37)11-12-34(22)18-35(23,34)14-13-32(25,33)6/h19-28,38H,8-18H2,1-7H3,(H2,36,39)/t20-,21?,22+,23?,24+,25+,26-,27?,28+,32-,33-,34-,35+/m1/s1. The number of ether oxygens (including phenoxy) is 3. The van der Waals surface area contributed by atoms with Crippen molar-refractivity contribution in [2.45, 2.75) is 137 Å². The molecule has 8 nitrogen and oxygen atoms in total. The van der Waals surface area contributed by atoms with Gasteiger partial charge in [-0.15, -0.1) is 0 Å². The van der Waals surface area contributed by atoms with Crippen molar-refractivity contribution in [2.24, 2.45) is 62.4 Å².